The lowest BCUT2D eigenvalue weighted by atomic mass is 10.1. The van der Waals surface area contributed by atoms with Gasteiger partial charge in [-0.1, -0.05) is 13.3 Å². The quantitative estimate of drug-likeness (QED) is 0.552. The number of hydrogen-bond acceptors (Lipinski definition) is 6. The largest absolute Gasteiger partial charge is 0.372 e. The first-order valence-electron chi connectivity index (χ1n) is 8.76. The number of anilines is 1. The van der Waals surface area contributed by atoms with Crippen molar-refractivity contribution >= 4 is 27.7 Å². The van der Waals surface area contributed by atoms with Crippen LogP contribution in [0.5, 0.6) is 0 Å². The van der Waals surface area contributed by atoms with Gasteiger partial charge in [0, 0.05) is 18.8 Å². The topological polar surface area (TPSA) is 75.5 Å². The summed E-state index contributed by atoms with van der Waals surface area (Å²) in [6.45, 7) is 10.1. The first-order chi connectivity index (χ1) is 12.5. The molecule has 0 N–H and O–H groups in total. The van der Waals surface area contributed by atoms with Crippen LogP contribution in [-0.4, -0.2) is 13.1 Å². The standard InChI is InChI=1S/C20H23N5S/c1-5-7-10-25(6-2)16-8-9-18(14(3)11-16)23-24-20-17(12-21)15(4)19(13-22)26-20/h8-9,11H,5-7,10H2,1-4H3. The molecule has 1 aromatic carbocycles. The van der Waals surface area contributed by atoms with E-state index in [2.05, 4.69) is 53.2 Å². The Kier molecular flexibility index (Phi) is 6.89. The van der Waals surface area contributed by atoms with Gasteiger partial charge in [0.15, 0.2) is 5.00 Å². The molecule has 0 radical (unpaired) electrons. The van der Waals surface area contributed by atoms with Gasteiger partial charge in [0.1, 0.15) is 17.0 Å². The highest BCUT2D eigenvalue weighted by Crippen LogP contribution is 2.36. The summed E-state index contributed by atoms with van der Waals surface area (Å²) in [5, 5.41) is 27.5. The highest BCUT2D eigenvalue weighted by atomic mass is 32.1. The highest BCUT2D eigenvalue weighted by molar-refractivity contribution is 7.16. The number of aryl methyl sites for hydroxylation is 1. The van der Waals surface area contributed by atoms with E-state index < -0.39 is 0 Å². The third-order valence-corrected chi connectivity index (χ3v) is 5.38. The molecule has 5 nitrogen and oxygen atoms in total. The minimum atomic E-state index is 0.432. The first-order valence-corrected chi connectivity index (χ1v) is 9.58. The normalized spacial score (nSPS) is 10.7. The molecule has 2 aromatic rings. The second-order valence-corrected chi connectivity index (χ2v) is 7.06. The summed E-state index contributed by atoms with van der Waals surface area (Å²) >= 11 is 1.20. The van der Waals surface area contributed by atoms with Crippen LogP contribution in [0.25, 0.3) is 0 Å². The zero-order chi connectivity index (χ0) is 19.1. The van der Waals surface area contributed by atoms with Crippen molar-refractivity contribution in [2.75, 3.05) is 18.0 Å². The van der Waals surface area contributed by atoms with Crippen LogP contribution in [0.2, 0.25) is 0 Å². The molecule has 0 aliphatic carbocycles. The Balaban J connectivity index is 2.27. The van der Waals surface area contributed by atoms with Crippen molar-refractivity contribution in [2.24, 2.45) is 10.2 Å². The molecule has 0 atom stereocenters. The molecular formula is C20H23N5S. The van der Waals surface area contributed by atoms with E-state index in [-0.39, 0.29) is 0 Å². The van der Waals surface area contributed by atoms with Gasteiger partial charge in [-0.2, -0.15) is 10.5 Å². The smallest absolute Gasteiger partial charge is 0.158 e. The number of benzene rings is 1. The van der Waals surface area contributed by atoms with E-state index in [0.717, 1.165) is 24.3 Å². The summed E-state index contributed by atoms with van der Waals surface area (Å²) < 4.78 is 0. The lowest BCUT2D eigenvalue weighted by Crippen LogP contribution is -2.23. The van der Waals surface area contributed by atoms with Crippen molar-refractivity contribution in [3.63, 3.8) is 0 Å². The number of azo groups is 1. The molecule has 0 spiro atoms. The number of thiophene rings is 1. The maximum Gasteiger partial charge on any atom is 0.158 e. The molecule has 0 saturated heterocycles. The Morgan fingerprint density at radius 3 is 2.46 bits per heavy atom. The van der Waals surface area contributed by atoms with Crippen LogP contribution in [0, 0.1) is 36.5 Å². The van der Waals surface area contributed by atoms with Gasteiger partial charge < -0.3 is 4.90 Å². The molecule has 0 saturated carbocycles. The van der Waals surface area contributed by atoms with Crippen LogP contribution in [-0.2, 0) is 0 Å². The van der Waals surface area contributed by atoms with Crippen molar-refractivity contribution in [2.45, 2.75) is 40.5 Å². The van der Waals surface area contributed by atoms with Gasteiger partial charge in [-0.3, -0.25) is 0 Å². The second-order valence-electron chi connectivity index (χ2n) is 6.06. The zero-order valence-corrected chi connectivity index (χ0v) is 16.5. The van der Waals surface area contributed by atoms with Crippen molar-refractivity contribution in [1.82, 2.24) is 0 Å². The van der Waals surface area contributed by atoms with E-state index in [1.54, 1.807) is 6.92 Å². The molecule has 1 aromatic heterocycles. The van der Waals surface area contributed by atoms with Crippen molar-refractivity contribution < 1.29 is 0 Å². The van der Waals surface area contributed by atoms with Gasteiger partial charge in [0.25, 0.3) is 0 Å². The molecule has 0 unspecified atom stereocenters. The first kappa shape index (κ1) is 19.6. The van der Waals surface area contributed by atoms with Crippen LogP contribution < -0.4 is 4.90 Å². The molecule has 0 aliphatic heterocycles. The van der Waals surface area contributed by atoms with Gasteiger partial charge in [-0.15, -0.1) is 21.6 Å². The van der Waals surface area contributed by atoms with E-state index in [1.165, 1.54) is 29.9 Å². The number of unbranched alkanes of at least 4 members (excludes halogenated alkanes) is 1. The van der Waals surface area contributed by atoms with Gasteiger partial charge >= 0.3 is 0 Å². The molecule has 134 valence electrons. The van der Waals surface area contributed by atoms with Crippen LogP contribution in [0.4, 0.5) is 16.4 Å². The highest BCUT2D eigenvalue weighted by Gasteiger charge is 2.14. The van der Waals surface area contributed by atoms with Gasteiger partial charge in [-0.05, 0) is 56.5 Å². The van der Waals surface area contributed by atoms with Gasteiger partial charge in [0.05, 0.1) is 11.3 Å². The van der Waals surface area contributed by atoms with Crippen molar-refractivity contribution in [1.29, 1.82) is 10.5 Å². The van der Waals surface area contributed by atoms with Gasteiger partial charge in [0.2, 0.25) is 0 Å². The molecule has 1 heterocycles. The van der Waals surface area contributed by atoms with Gasteiger partial charge in [-0.25, -0.2) is 0 Å². The van der Waals surface area contributed by atoms with E-state index >= 15 is 0 Å². The summed E-state index contributed by atoms with van der Waals surface area (Å²) in [5.74, 6) is 0. The molecule has 6 heteroatoms. The summed E-state index contributed by atoms with van der Waals surface area (Å²) in [6.07, 6.45) is 2.35. The van der Waals surface area contributed by atoms with Crippen molar-refractivity contribution in [3.8, 4) is 12.1 Å². The van der Waals surface area contributed by atoms with Crippen LogP contribution in [0.1, 0.15) is 48.3 Å². The Morgan fingerprint density at radius 1 is 1.12 bits per heavy atom. The minimum absolute atomic E-state index is 0.432. The summed E-state index contributed by atoms with van der Waals surface area (Å²) in [5.41, 5.74) is 4.10. The summed E-state index contributed by atoms with van der Waals surface area (Å²) in [7, 11) is 0. The van der Waals surface area contributed by atoms with E-state index in [4.69, 9.17) is 5.26 Å². The number of nitriles is 2. The Morgan fingerprint density at radius 2 is 1.88 bits per heavy atom. The number of hydrogen-bond donors (Lipinski definition) is 0. The monoisotopic (exact) mass is 365 g/mol. The summed E-state index contributed by atoms with van der Waals surface area (Å²) in [4.78, 5) is 2.87. The van der Waals surface area contributed by atoms with Crippen molar-refractivity contribution in [3.05, 3.63) is 39.8 Å². The third kappa shape index (κ3) is 4.28. The fourth-order valence-corrected chi connectivity index (χ4v) is 3.55. The SMILES string of the molecule is CCCCN(CC)c1ccc(N=Nc2sc(C#N)c(C)c2C#N)c(C)c1. The average Bonchev–Trinajstić information content (AvgIpc) is 2.96. The maximum atomic E-state index is 9.30. The third-order valence-electron chi connectivity index (χ3n) is 4.30. The predicted molar refractivity (Wildman–Crippen MR) is 107 cm³/mol. The fraction of sp³-hybridized carbons (Fsp3) is 0.400. The Hall–Kier alpha value is -2.70. The lowest BCUT2D eigenvalue weighted by Gasteiger charge is -2.23. The van der Waals surface area contributed by atoms with Crippen LogP contribution in [0.3, 0.4) is 0 Å². The number of nitrogens with zero attached hydrogens (tertiary/aromatic N) is 5. The molecule has 0 bridgehead atoms. The Labute approximate surface area is 159 Å². The van der Waals surface area contributed by atoms with E-state index in [0.29, 0.717) is 21.0 Å². The number of rotatable bonds is 7. The Bertz CT molecular complexity index is 883. The zero-order valence-electron chi connectivity index (χ0n) is 15.7. The fourth-order valence-electron chi connectivity index (χ4n) is 2.67. The minimum Gasteiger partial charge on any atom is -0.372 e. The van der Waals surface area contributed by atoms with E-state index in [9.17, 15) is 5.26 Å². The predicted octanol–water partition coefficient (Wildman–Crippen LogP) is 6.15. The van der Waals surface area contributed by atoms with Crippen LogP contribution in [0.15, 0.2) is 28.4 Å². The lowest BCUT2D eigenvalue weighted by molar-refractivity contribution is 0.732. The molecular weight excluding hydrogens is 342 g/mol. The second kappa shape index (κ2) is 9.12. The van der Waals surface area contributed by atoms with Crippen LogP contribution >= 0.6 is 11.3 Å². The molecule has 0 amide bonds. The average molecular weight is 366 g/mol. The molecule has 26 heavy (non-hydrogen) atoms. The molecule has 0 aliphatic rings. The van der Waals surface area contributed by atoms with E-state index in [1.807, 2.05) is 13.0 Å². The molecule has 0 fully saturated rings. The molecule has 2 rings (SSSR count). The summed E-state index contributed by atoms with van der Waals surface area (Å²) in [6, 6.07) is 10.4. The maximum absolute atomic E-state index is 9.30.